The maximum absolute atomic E-state index is 11.7. The molecule has 0 radical (unpaired) electrons. The number of hydrogen-bond acceptors (Lipinski definition) is 5. The molecule has 1 saturated heterocycles. The van der Waals surface area contributed by atoms with Crippen LogP contribution in [0.4, 0.5) is 4.79 Å². The highest BCUT2D eigenvalue weighted by atomic mass is 32.1. The second-order valence-corrected chi connectivity index (χ2v) is 7.07. The van der Waals surface area contributed by atoms with Crippen LogP contribution in [0, 0.1) is 0 Å². The van der Waals surface area contributed by atoms with E-state index in [-0.39, 0.29) is 12.1 Å². The SMILES string of the molecule is CCOC(=O)N1CCC(NC(N)=NCc2nc(C(C)C)cs2)CC1. The predicted molar refractivity (Wildman–Crippen MR) is 96.3 cm³/mol. The number of thiazole rings is 1. The molecule has 0 aliphatic carbocycles. The normalized spacial score (nSPS) is 16.5. The molecule has 2 heterocycles. The Morgan fingerprint density at radius 2 is 2.25 bits per heavy atom. The molecular weight excluding hydrogens is 326 g/mol. The van der Waals surface area contributed by atoms with Crippen molar-refractivity contribution in [3.63, 3.8) is 0 Å². The van der Waals surface area contributed by atoms with E-state index in [2.05, 4.69) is 34.5 Å². The number of nitrogens with one attached hydrogen (secondary N) is 1. The largest absolute Gasteiger partial charge is 0.450 e. The van der Waals surface area contributed by atoms with Crippen LogP contribution in [-0.4, -0.2) is 47.7 Å². The van der Waals surface area contributed by atoms with Crippen molar-refractivity contribution in [2.75, 3.05) is 19.7 Å². The number of amides is 1. The number of hydrogen-bond donors (Lipinski definition) is 2. The van der Waals surface area contributed by atoms with Gasteiger partial charge in [0.15, 0.2) is 5.96 Å². The molecule has 7 nitrogen and oxygen atoms in total. The van der Waals surface area contributed by atoms with Gasteiger partial charge in [-0.3, -0.25) is 0 Å². The molecule has 0 atom stereocenters. The van der Waals surface area contributed by atoms with E-state index in [1.54, 1.807) is 16.2 Å². The van der Waals surface area contributed by atoms with Gasteiger partial charge in [-0.2, -0.15) is 0 Å². The zero-order chi connectivity index (χ0) is 17.5. The van der Waals surface area contributed by atoms with Crippen molar-refractivity contribution in [2.45, 2.75) is 52.1 Å². The highest BCUT2D eigenvalue weighted by Gasteiger charge is 2.23. The van der Waals surface area contributed by atoms with Gasteiger partial charge in [-0.25, -0.2) is 14.8 Å². The number of carbonyl (C=O) groups is 1. The lowest BCUT2D eigenvalue weighted by Crippen LogP contribution is -2.48. The minimum Gasteiger partial charge on any atom is -0.450 e. The van der Waals surface area contributed by atoms with Gasteiger partial charge >= 0.3 is 6.09 Å². The number of nitrogens with zero attached hydrogens (tertiary/aromatic N) is 3. The summed E-state index contributed by atoms with van der Waals surface area (Å²) in [4.78, 5) is 22.3. The van der Waals surface area contributed by atoms with Crippen molar-refractivity contribution in [1.29, 1.82) is 0 Å². The standard InChI is InChI=1S/C16H27N5O2S/c1-4-23-16(22)21-7-5-12(6-8-21)19-15(17)18-9-14-20-13(10-24-14)11(2)3/h10-12H,4-9H2,1-3H3,(H3,17,18,19). The van der Waals surface area contributed by atoms with Crippen LogP contribution in [0.2, 0.25) is 0 Å². The Morgan fingerprint density at radius 1 is 1.54 bits per heavy atom. The Bertz CT molecular complexity index is 565. The summed E-state index contributed by atoms with van der Waals surface area (Å²) in [6, 6.07) is 0.238. The molecule has 3 N–H and O–H groups in total. The van der Waals surface area contributed by atoms with Gasteiger partial charge in [-0.15, -0.1) is 11.3 Å². The van der Waals surface area contributed by atoms with Crippen molar-refractivity contribution in [2.24, 2.45) is 10.7 Å². The summed E-state index contributed by atoms with van der Waals surface area (Å²) in [5.41, 5.74) is 7.07. The number of guanidine groups is 1. The van der Waals surface area contributed by atoms with E-state index in [0.29, 0.717) is 38.1 Å². The first kappa shape index (κ1) is 18.5. The summed E-state index contributed by atoms with van der Waals surface area (Å²) in [6.07, 6.45) is 1.44. The fourth-order valence-corrected chi connectivity index (χ4v) is 3.37. The summed E-state index contributed by atoms with van der Waals surface area (Å²) in [5, 5.41) is 6.28. The molecule has 0 bridgehead atoms. The van der Waals surface area contributed by atoms with Gasteiger partial charge < -0.3 is 20.7 Å². The topological polar surface area (TPSA) is 92.8 Å². The van der Waals surface area contributed by atoms with Gasteiger partial charge in [0, 0.05) is 24.5 Å². The first-order valence-electron chi connectivity index (χ1n) is 8.42. The van der Waals surface area contributed by atoms with Crippen LogP contribution < -0.4 is 11.1 Å². The fraction of sp³-hybridized carbons (Fsp3) is 0.688. The Hall–Kier alpha value is -1.83. The van der Waals surface area contributed by atoms with Crippen LogP contribution in [0.15, 0.2) is 10.4 Å². The molecule has 1 aromatic heterocycles. The number of likely N-dealkylation sites (tertiary alicyclic amines) is 1. The van der Waals surface area contributed by atoms with Crippen LogP contribution >= 0.6 is 11.3 Å². The first-order valence-corrected chi connectivity index (χ1v) is 9.30. The Kier molecular flexibility index (Phi) is 6.84. The summed E-state index contributed by atoms with van der Waals surface area (Å²) in [5.74, 6) is 0.866. The Labute approximate surface area is 147 Å². The van der Waals surface area contributed by atoms with E-state index < -0.39 is 0 Å². The quantitative estimate of drug-likeness (QED) is 0.626. The molecule has 2 rings (SSSR count). The molecule has 1 aliphatic rings. The first-order chi connectivity index (χ1) is 11.5. The van der Waals surface area contributed by atoms with Gasteiger partial charge in [-0.1, -0.05) is 13.8 Å². The van der Waals surface area contributed by atoms with E-state index in [0.717, 1.165) is 23.5 Å². The number of piperidine rings is 1. The predicted octanol–water partition coefficient (Wildman–Crippen LogP) is 2.29. The third-order valence-electron chi connectivity index (χ3n) is 3.92. The molecular formula is C16H27N5O2S. The number of aromatic nitrogens is 1. The van der Waals surface area contributed by atoms with Crippen molar-refractivity contribution in [3.8, 4) is 0 Å². The van der Waals surface area contributed by atoms with E-state index in [9.17, 15) is 4.79 Å². The van der Waals surface area contributed by atoms with Gasteiger partial charge in [0.1, 0.15) is 5.01 Å². The van der Waals surface area contributed by atoms with E-state index in [4.69, 9.17) is 10.5 Å². The number of nitrogens with two attached hydrogens (primary N) is 1. The lowest BCUT2D eigenvalue weighted by atomic mass is 10.1. The van der Waals surface area contributed by atoms with Crippen LogP contribution in [0.3, 0.4) is 0 Å². The van der Waals surface area contributed by atoms with Crippen molar-refractivity contribution < 1.29 is 9.53 Å². The molecule has 134 valence electrons. The minimum absolute atomic E-state index is 0.234. The second kappa shape index (κ2) is 8.86. The third kappa shape index (κ3) is 5.36. The average Bonchev–Trinajstić information content (AvgIpc) is 3.03. The van der Waals surface area contributed by atoms with Crippen LogP contribution in [0.1, 0.15) is 50.2 Å². The number of rotatable bonds is 5. The molecule has 0 spiro atoms. The number of aliphatic imine (C=N–C) groups is 1. The fourth-order valence-electron chi connectivity index (χ4n) is 2.49. The third-order valence-corrected chi connectivity index (χ3v) is 4.77. The molecule has 1 aliphatic heterocycles. The van der Waals surface area contributed by atoms with E-state index in [1.807, 2.05) is 6.92 Å². The summed E-state index contributed by atoms with van der Waals surface area (Å²) < 4.78 is 5.02. The molecule has 0 aromatic carbocycles. The highest BCUT2D eigenvalue weighted by Crippen LogP contribution is 2.18. The summed E-state index contributed by atoms with van der Waals surface area (Å²) in [7, 11) is 0. The minimum atomic E-state index is -0.234. The summed E-state index contributed by atoms with van der Waals surface area (Å²) in [6.45, 7) is 8.32. The summed E-state index contributed by atoms with van der Waals surface area (Å²) >= 11 is 1.61. The monoisotopic (exact) mass is 353 g/mol. The van der Waals surface area contributed by atoms with Crippen molar-refractivity contribution in [3.05, 3.63) is 16.1 Å². The van der Waals surface area contributed by atoms with E-state index in [1.165, 1.54) is 0 Å². The second-order valence-electron chi connectivity index (χ2n) is 6.13. The molecule has 24 heavy (non-hydrogen) atoms. The maximum Gasteiger partial charge on any atom is 0.409 e. The molecule has 8 heteroatoms. The van der Waals surface area contributed by atoms with Crippen molar-refractivity contribution in [1.82, 2.24) is 15.2 Å². The Morgan fingerprint density at radius 3 is 2.83 bits per heavy atom. The zero-order valence-electron chi connectivity index (χ0n) is 14.6. The lowest BCUT2D eigenvalue weighted by molar-refractivity contribution is 0.0963. The molecule has 0 unspecified atom stereocenters. The Balaban J connectivity index is 1.76. The lowest BCUT2D eigenvalue weighted by Gasteiger charge is -2.31. The van der Waals surface area contributed by atoms with Crippen LogP contribution in [0.25, 0.3) is 0 Å². The molecule has 1 fully saturated rings. The smallest absolute Gasteiger partial charge is 0.409 e. The highest BCUT2D eigenvalue weighted by molar-refractivity contribution is 7.09. The number of carbonyl (C=O) groups excluding carboxylic acids is 1. The van der Waals surface area contributed by atoms with Gasteiger partial charge in [0.05, 0.1) is 18.8 Å². The molecule has 1 amide bonds. The maximum atomic E-state index is 11.7. The molecule has 0 saturated carbocycles. The van der Waals surface area contributed by atoms with Crippen molar-refractivity contribution >= 4 is 23.4 Å². The van der Waals surface area contributed by atoms with Gasteiger partial charge in [-0.05, 0) is 25.7 Å². The van der Waals surface area contributed by atoms with Gasteiger partial charge in [0.2, 0.25) is 0 Å². The van der Waals surface area contributed by atoms with E-state index >= 15 is 0 Å². The van der Waals surface area contributed by atoms with Crippen LogP contribution in [0.5, 0.6) is 0 Å². The number of ether oxygens (including phenoxy) is 1. The van der Waals surface area contributed by atoms with Crippen LogP contribution in [-0.2, 0) is 11.3 Å². The van der Waals surface area contributed by atoms with Gasteiger partial charge in [0.25, 0.3) is 0 Å². The zero-order valence-corrected chi connectivity index (χ0v) is 15.4. The average molecular weight is 353 g/mol. The molecule has 1 aromatic rings.